The second-order valence-corrected chi connectivity index (χ2v) is 5.08. The molecule has 0 amide bonds. The fourth-order valence-corrected chi connectivity index (χ4v) is 2.13. The molecule has 110 valence electrons. The van der Waals surface area contributed by atoms with Crippen LogP contribution in [0, 0.1) is 11.7 Å². The van der Waals surface area contributed by atoms with Gasteiger partial charge in [0.15, 0.2) is 0 Å². The fraction of sp³-hybridized carbons (Fsp3) is 0.235. The van der Waals surface area contributed by atoms with E-state index < -0.39 is 11.9 Å². The second kappa shape index (κ2) is 6.88. The van der Waals surface area contributed by atoms with Crippen LogP contribution in [-0.2, 0) is 11.3 Å². The lowest BCUT2D eigenvalue weighted by atomic mass is 10.1. The Morgan fingerprint density at radius 3 is 2.33 bits per heavy atom. The van der Waals surface area contributed by atoms with E-state index in [4.69, 9.17) is 5.11 Å². The van der Waals surface area contributed by atoms with E-state index in [0.717, 1.165) is 11.3 Å². The van der Waals surface area contributed by atoms with E-state index in [1.165, 1.54) is 12.1 Å². The van der Waals surface area contributed by atoms with Crippen molar-refractivity contribution in [3.8, 4) is 0 Å². The predicted molar refractivity (Wildman–Crippen MR) is 80.7 cm³/mol. The molecule has 21 heavy (non-hydrogen) atoms. The quantitative estimate of drug-likeness (QED) is 0.883. The summed E-state index contributed by atoms with van der Waals surface area (Å²) in [5, 5.41) is 9.10. The number of carbonyl (C=O) groups is 1. The zero-order chi connectivity index (χ0) is 15.2. The van der Waals surface area contributed by atoms with Crippen molar-refractivity contribution in [1.82, 2.24) is 0 Å². The van der Waals surface area contributed by atoms with Crippen molar-refractivity contribution in [2.75, 3.05) is 11.4 Å². The zero-order valence-corrected chi connectivity index (χ0v) is 11.9. The van der Waals surface area contributed by atoms with Crippen LogP contribution in [0.3, 0.4) is 0 Å². The first-order valence-corrected chi connectivity index (χ1v) is 6.83. The Balaban J connectivity index is 2.21. The Hall–Kier alpha value is -2.36. The number of halogens is 1. The van der Waals surface area contributed by atoms with E-state index in [2.05, 4.69) is 0 Å². The summed E-state index contributed by atoms with van der Waals surface area (Å²) in [7, 11) is 0. The molecule has 3 nitrogen and oxygen atoms in total. The first-order chi connectivity index (χ1) is 10.1. The highest BCUT2D eigenvalue weighted by molar-refractivity contribution is 5.70. The van der Waals surface area contributed by atoms with Gasteiger partial charge in [-0.1, -0.05) is 37.3 Å². The number of rotatable bonds is 6. The minimum Gasteiger partial charge on any atom is -0.481 e. The van der Waals surface area contributed by atoms with Gasteiger partial charge in [0, 0.05) is 18.8 Å². The summed E-state index contributed by atoms with van der Waals surface area (Å²) in [6.45, 7) is 2.63. The van der Waals surface area contributed by atoms with Crippen molar-refractivity contribution >= 4 is 11.7 Å². The maximum absolute atomic E-state index is 13.1. The highest BCUT2D eigenvalue weighted by atomic mass is 19.1. The van der Waals surface area contributed by atoms with Crippen molar-refractivity contribution < 1.29 is 14.3 Å². The molecule has 0 aliphatic rings. The third-order valence-corrected chi connectivity index (χ3v) is 3.32. The lowest BCUT2D eigenvalue weighted by Crippen LogP contribution is -2.31. The number of anilines is 1. The Morgan fingerprint density at radius 2 is 1.76 bits per heavy atom. The normalized spacial score (nSPS) is 11.9. The number of nitrogens with zero attached hydrogens (tertiary/aromatic N) is 1. The van der Waals surface area contributed by atoms with Crippen molar-refractivity contribution in [3.63, 3.8) is 0 Å². The van der Waals surface area contributed by atoms with Crippen LogP contribution in [0.2, 0.25) is 0 Å². The van der Waals surface area contributed by atoms with Crippen molar-refractivity contribution in [2.45, 2.75) is 13.5 Å². The van der Waals surface area contributed by atoms with Gasteiger partial charge >= 0.3 is 5.97 Å². The maximum Gasteiger partial charge on any atom is 0.308 e. The molecular weight excluding hydrogens is 269 g/mol. The Labute approximate surface area is 123 Å². The van der Waals surface area contributed by atoms with E-state index in [1.54, 1.807) is 19.1 Å². The summed E-state index contributed by atoms with van der Waals surface area (Å²) in [5.41, 5.74) is 1.90. The Bertz CT molecular complexity index is 583. The van der Waals surface area contributed by atoms with Crippen LogP contribution in [-0.4, -0.2) is 17.6 Å². The summed E-state index contributed by atoms with van der Waals surface area (Å²) in [6, 6.07) is 15.9. The van der Waals surface area contributed by atoms with Gasteiger partial charge in [-0.2, -0.15) is 0 Å². The van der Waals surface area contributed by atoms with Crippen molar-refractivity contribution in [3.05, 3.63) is 66.0 Å². The van der Waals surface area contributed by atoms with E-state index >= 15 is 0 Å². The molecule has 0 heterocycles. The topological polar surface area (TPSA) is 40.5 Å². The molecule has 0 saturated heterocycles. The van der Waals surface area contributed by atoms with Gasteiger partial charge in [-0.25, -0.2) is 4.39 Å². The third-order valence-electron chi connectivity index (χ3n) is 3.32. The van der Waals surface area contributed by atoms with Gasteiger partial charge in [0.05, 0.1) is 5.92 Å². The molecule has 0 radical (unpaired) electrons. The molecule has 2 aromatic rings. The number of aliphatic carboxylic acids is 1. The van der Waals surface area contributed by atoms with Gasteiger partial charge in [-0.15, -0.1) is 0 Å². The molecule has 0 bridgehead atoms. The molecule has 1 unspecified atom stereocenters. The molecule has 4 heteroatoms. The first kappa shape index (κ1) is 15.0. The number of hydrogen-bond acceptors (Lipinski definition) is 2. The zero-order valence-electron chi connectivity index (χ0n) is 11.9. The van der Waals surface area contributed by atoms with Crippen molar-refractivity contribution in [1.29, 1.82) is 0 Å². The number of benzene rings is 2. The van der Waals surface area contributed by atoms with Gasteiger partial charge in [-0.3, -0.25) is 4.79 Å². The molecule has 1 N–H and O–H groups in total. The molecule has 0 aliphatic carbocycles. The predicted octanol–water partition coefficient (Wildman–Crippen LogP) is 3.55. The molecule has 0 fully saturated rings. The van der Waals surface area contributed by atoms with Crippen LogP contribution in [0.15, 0.2) is 54.6 Å². The van der Waals surface area contributed by atoms with E-state index in [9.17, 15) is 9.18 Å². The van der Waals surface area contributed by atoms with Gasteiger partial charge in [-0.05, 0) is 29.8 Å². The summed E-state index contributed by atoms with van der Waals surface area (Å²) < 4.78 is 13.1. The van der Waals surface area contributed by atoms with Crippen LogP contribution in [0.1, 0.15) is 12.5 Å². The second-order valence-electron chi connectivity index (χ2n) is 5.08. The number of carboxylic acids is 1. The molecule has 0 aromatic heterocycles. The molecule has 2 rings (SSSR count). The average Bonchev–Trinajstić information content (AvgIpc) is 2.48. The first-order valence-electron chi connectivity index (χ1n) is 6.83. The monoisotopic (exact) mass is 287 g/mol. The van der Waals surface area contributed by atoms with Gasteiger partial charge in [0.1, 0.15) is 5.82 Å². The minimum atomic E-state index is -0.838. The SMILES string of the molecule is CC(CN(Cc1ccccc1)c1ccc(F)cc1)C(=O)O. The van der Waals surface area contributed by atoms with Crippen LogP contribution in [0.5, 0.6) is 0 Å². The lowest BCUT2D eigenvalue weighted by molar-refractivity contribution is -0.140. The molecule has 0 spiro atoms. The summed E-state index contributed by atoms with van der Waals surface area (Å²) in [4.78, 5) is 13.0. The molecule has 0 aliphatic heterocycles. The molecule has 2 aromatic carbocycles. The summed E-state index contributed by atoms with van der Waals surface area (Å²) in [6.07, 6.45) is 0. The van der Waals surface area contributed by atoms with Crippen LogP contribution in [0.25, 0.3) is 0 Å². The standard InChI is InChI=1S/C17H18FNO2/c1-13(17(20)21)11-19(12-14-5-3-2-4-6-14)16-9-7-15(18)8-10-16/h2-10,13H,11-12H2,1H3,(H,20,21). The minimum absolute atomic E-state index is 0.301. The molecule has 0 saturated carbocycles. The highest BCUT2D eigenvalue weighted by Crippen LogP contribution is 2.19. The smallest absolute Gasteiger partial charge is 0.308 e. The number of carboxylic acid groups (broad SMARTS) is 1. The highest BCUT2D eigenvalue weighted by Gasteiger charge is 2.17. The van der Waals surface area contributed by atoms with Gasteiger partial charge in [0.25, 0.3) is 0 Å². The van der Waals surface area contributed by atoms with E-state index in [0.29, 0.717) is 13.1 Å². The van der Waals surface area contributed by atoms with Crippen LogP contribution >= 0.6 is 0 Å². The van der Waals surface area contributed by atoms with Crippen molar-refractivity contribution in [2.24, 2.45) is 5.92 Å². The third kappa shape index (κ3) is 4.31. The number of hydrogen-bond donors (Lipinski definition) is 1. The van der Waals surface area contributed by atoms with E-state index in [1.807, 2.05) is 35.2 Å². The van der Waals surface area contributed by atoms with Crippen LogP contribution < -0.4 is 4.90 Å². The Kier molecular flexibility index (Phi) is 4.93. The average molecular weight is 287 g/mol. The maximum atomic E-state index is 13.1. The van der Waals surface area contributed by atoms with Gasteiger partial charge < -0.3 is 10.0 Å². The summed E-state index contributed by atoms with van der Waals surface area (Å²) >= 11 is 0. The summed E-state index contributed by atoms with van der Waals surface area (Å²) in [5.74, 6) is -1.64. The fourth-order valence-electron chi connectivity index (χ4n) is 2.13. The van der Waals surface area contributed by atoms with E-state index in [-0.39, 0.29) is 5.82 Å². The largest absolute Gasteiger partial charge is 0.481 e. The van der Waals surface area contributed by atoms with Crippen LogP contribution in [0.4, 0.5) is 10.1 Å². The van der Waals surface area contributed by atoms with Gasteiger partial charge in [0.2, 0.25) is 0 Å². The molecular formula is C17H18FNO2. The Morgan fingerprint density at radius 1 is 1.14 bits per heavy atom. The lowest BCUT2D eigenvalue weighted by Gasteiger charge is -2.26. The molecule has 1 atom stereocenters.